The lowest BCUT2D eigenvalue weighted by Crippen LogP contribution is -2.42. The summed E-state index contributed by atoms with van der Waals surface area (Å²) in [6.07, 6.45) is 4.60. The summed E-state index contributed by atoms with van der Waals surface area (Å²) < 4.78 is 0. The highest BCUT2D eigenvalue weighted by atomic mass is 16.2. The topological polar surface area (TPSA) is 62.3 Å². The Morgan fingerprint density at radius 2 is 2.41 bits per heavy atom. The number of nitrogens with one attached hydrogen (secondary N) is 1. The molecule has 1 aliphatic heterocycles. The number of anilines is 1. The molecule has 0 bridgehead atoms. The molecular weight excluding hydrogens is 218 g/mol. The van der Waals surface area contributed by atoms with Crippen LogP contribution in [0.2, 0.25) is 0 Å². The number of hydrogen-bond donors (Lipinski definition) is 1. The van der Waals surface area contributed by atoms with Crippen LogP contribution >= 0.6 is 0 Å². The van der Waals surface area contributed by atoms with Gasteiger partial charge in [-0.3, -0.25) is 14.6 Å². The maximum Gasteiger partial charge on any atom is 0.246 e. The molecule has 1 unspecified atom stereocenters. The maximum atomic E-state index is 11.9. The second-order valence-electron chi connectivity index (χ2n) is 4.10. The minimum atomic E-state index is -0.426. The van der Waals surface area contributed by atoms with Crippen LogP contribution < -0.4 is 5.32 Å². The Bertz CT molecular complexity index is 419. The quantitative estimate of drug-likeness (QED) is 0.848. The van der Waals surface area contributed by atoms with E-state index in [9.17, 15) is 9.59 Å². The van der Waals surface area contributed by atoms with E-state index in [2.05, 4.69) is 10.3 Å². The minimum Gasteiger partial charge on any atom is -0.331 e. The number of carbonyl (C=O) groups excluding carboxylic acids is 2. The summed E-state index contributed by atoms with van der Waals surface area (Å²) >= 11 is 0. The second kappa shape index (κ2) is 4.95. The summed E-state index contributed by atoms with van der Waals surface area (Å²) in [5.74, 6) is -0.118. The summed E-state index contributed by atoms with van der Waals surface area (Å²) in [5, 5.41) is 2.74. The van der Waals surface area contributed by atoms with Gasteiger partial charge in [0.05, 0.1) is 11.9 Å². The molecular formula is C12H15N3O2. The van der Waals surface area contributed by atoms with Crippen molar-refractivity contribution >= 4 is 17.5 Å². The fraction of sp³-hybridized carbons (Fsp3) is 0.417. The summed E-state index contributed by atoms with van der Waals surface area (Å²) in [6, 6.07) is 3.09. The number of hydrogen-bond acceptors (Lipinski definition) is 3. The smallest absolute Gasteiger partial charge is 0.246 e. The maximum absolute atomic E-state index is 11.9. The third-order valence-corrected chi connectivity index (χ3v) is 2.89. The zero-order chi connectivity index (χ0) is 12.3. The van der Waals surface area contributed by atoms with Crippen molar-refractivity contribution in [1.82, 2.24) is 9.88 Å². The monoisotopic (exact) mass is 233 g/mol. The van der Waals surface area contributed by atoms with Crippen LogP contribution in [0.25, 0.3) is 0 Å². The Labute approximate surface area is 99.8 Å². The van der Waals surface area contributed by atoms with Gasteiger partial charge in [0.25, 0.3) is 0 Å². The van der Waals surface area contributed by atoms with Gasteiger partial charge in [0.2, 0.25) is 11.8 Å². The van der Waals surface area contributed by atoms with Gasteiger partial charge in [-0.15, -0.1) is 0 Å². The molecule has 1 saturated heterocycles. The number of pyridine rings is 1. The van der Waals surface area contributed by atoms with Gasteiger partial charge in [-0.2, -0.15) is 0 Å². The summed E-state index contributed by atoms with van der Waals surface area (Å²) in [4.78, 5) is 28.9. The van der Waals surface area contributed by atoms with E-state index in [1.807, 2.05) is 0 Å². The lowest BCUT2D eigenvalue weighted by atomic mass is 10.2. The third kappa shape index (κ3) is 2.61. The number of likely N-dealkylation sites (tertiary alicyclic amines) is 1. The second-order valence-corrected chi connectivity index (χ2v) is 4.10. The van der Waals surface area contributed by atoms with Gasteiger partial charge in [0.15, 0.2) is 0 Å². The van der Waals surface area contributed by atoms with Crippen molar-refractivity contribution in [2.24, 2.45) is 0 Å². The van der Waals surface area contributed by atoms with E-state index in [1.165, 1.54) is 0 Å². The average molecular weight is 233 g/mol. The van der Waals surface area contributed by atoms with Gasteiger partial charge < -0.3 is 10.2 Å². The van der Waals surface area contributed by atoms with Gasteiger partial charge in [0, 0.05) is 19.2 Å². The highest BCUT2D eigenvalue weighted by Crippen LogP contribution is 2.14. The molecule has 1 aromatic rings. The zero-order valence-corrected chi connectivity index (χ0v) is 9.72. The van der Waals surface area contributed by atoms with E-state index in [1.54, 1.807) is 36.4 Å². The number of carbonyl (C=O) groups is 2. The molecule has 5 nitrogen and oxygen atoms in total. The van der Waals surface area contributed by atoms with Crippen molar-refractivity contribution < 1.29 is 9.59 Å². The first-order valence-corrected chi connectivity index (χ1v) is 5.69. The van der Waals surface area contributed by atoms with Crippen molar-refractivity contribution in [3.63, 3.8) is 0 Å². The number of rotatable bonds is 3. The molecule has 1 N–H and O–H groups in total. The Hall–Kier alpha value is -1.91. The molecule has 0 radical (unpaired) electrons. The van der Waals surface area contributed by atoms with Crippen molar-refractivity contribution in [2.45, 2.75) is 25.8 Å². The molecule has 5 heteroatoms. The number of nitrogens with zero attached hydrogens (tertiary/aromatic N) is 2. The normalized spacial score (nSPS) is 17.0. The van der Waals surface area contributed by atoms with Gasteiger partial charge in [-0.05, 0) is 25.5 Å². The summed E-state index contributed by atoms with van der Waals surface area (Å²) in [6.45, 7) is 2.41. The van der Waals surface area contributed by atoms with E-state index < -0.39 is 6.04 Å². The molecule has 2 rings (SSSR count). The van der Waals surface area contributed by atoms with Crippen LogP contribution in [0.3, 0.4) is 0 Å². The molecule has 1 aliphatic rings. The van der Waals surface area contributed by atoms with Crippen LogP contribution in [-0.4, -0.2) is 34.3 Å². The van der Waals surface area contributed by atoms with Crippen LogP contribution in [0.5, 0.6) is 0 Å². The summed E-state index contributed by atoms with van der Waals surface area (Å²) in [7, 11) is 0. The molecule has 1 fully saturated rings. The fourth-order valence-corrected chi connectivity index (χ4v) is 1.90. The van der Waals surface area contributed by atoms with E-state index in [4.69, 9.17) is 0 Å². The Kier molecular flexibility index (Phi) is 3.37. The molecule has 0 spiro atoms. The molecule has 2 amide bonds. The van der Waals surface area contributed by atoms with Crippen LogP contribution in [0, 0.1) is 0 Å². The van der Waals surface area contributed by atoms with Gasteiger partial charge in [-0.1, -0.05) is 0 Å². The molecule has 1 aromatic heterocycles. The molecule has 2 heterocycles. The van der Waals surface area contributed by atoms with Crippen molar-refractivity contribution in [2.75, 3.05) is 11.9 Å². The number of aromatic nitrogens is 1. The van der Waals surface area contributed by atoms with Crippen LogP contribution in [0.4, 0.5) is 5.69 Å². The van der Waals surface area contributed by atoms with Crippen molar-refractivity contribution in [3.05, 3.63) is 24.5 Å². The van der Waals surface area contributed by atoms with E-state index in [0.29, 0.717) is 18.7 Å². The van der Waals surface area contributed by atoms with Gasteiger partial charge in [-0.25, -0.2) is 0 Å². The molecule has 0 saturated carbocycles. The molecule has 90 valence electrons. The largest absolute Gasteiger partial charge is 0.331 e. The van der Waals surface area contributed by atoms with Crippen molar-refractivity contribution in [1.29, 1.82) is 0 Å². The van der Waals surface area contributed by atoms with Crippen LogP contribution in [0.15, 0.2) is 24.5 Å². The van der Waals surface area contributed by atoms with E-state index in [-0.39, 0.29) is 11.8 Å². The van der Waals surface area contributed by atoms with Crippen LogP contribution in [-0.2, 0) is 9.59 Å². The predicted molar refractivity (Wildman–Crippen MR) is 63.3 cm³/mol. The molecule has 1 atom stereocenters. The average Bonchev–Trinajstić information content (AvgIpc) is 2.76. The van der Waals surface area contributed by atoms with E-state index in [0.717, 1.165) is 6.42 Å². The first kappa shape index (κ1) is 11.6. The Morgan fingerprint density at radius 1 is 1.59 bits per heavy atom. The lowest BCUT2D eigenvalue weighted by Gasteiger charge is -2.23. The summed E-state index contributed by atoms with van der Waals surface area (Å²) in [5.41, 5.74) is 0.649. The Morgan fingerprint density at radius 3 is 3.00 bits per heavy atom. The van der Waals surface area contributed by atoms with Crippen molar-refractivity contribution in [3.8, 4) is 0 Å². The molecule has 0 aromatic carbocycles. The SMILES string of the molecule is CC(C(=O)Nc1cccnc1)N1CCCC1=O. The molecule has 17 heavy (non-hydrogen) atoms. The highest BCUT2D eigenvalue weighted by molar-refractivity contribution is 5.97. The highest BCUT2D eigenvalue weighted by Gasteiger charge is 2.29. The predicted octanol–water partition coefficient (Wildman–Crippen LogP) is 1.03. The number of amides is 2. The lowest BCUT2D eigenvalue weighted by molar-refractivity contribution is -0.134. The Balaban J connectivity index is 1.98. The zero-order valence-electron chi connectivity index (χ0n) is 9.72. The standard InChI is InChI=1S/C12H15N3O2/c1-9(15-7-3-5-11(15)16)12(17)14-10-4-2-6-13-8-10/h2,4,6,8-9H,3,5,7H2,1H3,(H,14,17). The fourth-order valence-electron chi connectivity index (χ4n) is 1.90. The first-order chi connectivity index (χ1) is 8.18. The third-order valence-electron chi connectivity index (χ3n) is 2.89. The van der Waals surface area contributed by atoms with Gasteiger partial charge >= 0.3 is 0 Å². The first-order valence-electron chi connectivity index (χ1n) is 5.69. The van der Waals surface area contributed by atoms with E-state index >= 15 is 0 Å². The van der Waals surface area contributed by atoms with Gasteiger partial charge in [0.1, 0.15) is 6.04 Å². The molecule has 0 aliphatic carbocycles. The minimum absolute atomic E-state index is 0.0545. The van der Waals surface area contributed by atoms with Crippen LogP contribution in [0.1, 0.15) is 19.8 Å².